The van der Waals surface area contributed by atoms with Crippen LogP contribution in [0.4, 0.5) is 0 Å². The van der Waals surface area contributed by atoms with E-state index in [1.54, 1.807) is 0 Å². The molecule has 12 heteroatoms. The Hall–Kier alpha value is 3.02. The van der Waals surface area contributed by atoms with Crippen molar-refractivity contribution in [3.8, 4) is 0 Å². The van der Waals surface area contributed by atoms with Crippen LogP contribution in [0.2, 0.25) is 0 Å². The maximum Gasteiger partial charge on any atom is 0.479 e. The molecule has 0 saturated heterocycles. The summed E-state index contributed by atoms with van der Waals surface area (Å²) in [5, 5.41) is 1.11. The summed E-state index contributed by atoms with van der Waals surface area (Å²) in [4.78, 5) is 0. The molecule has 0 heterocycles. The molecule has 0 atom stereocenters. The molecule has 25 heavy (non-hydrogen) atoms. The normalized spacial score (nSPS) is 15.2. The minimum Gasteiger partial charge on any atom is -0.283 e. The first-order valence-corrected chi connectivity index (χ1v) is 14.2. The van der Waals surface area contributed by atoms with Gasteiger partial charge in [0.1, 0.15) is 0 Å². The SMILES string of the molecule is CC(C)(CBr)C(Br)(Br)OP(=O)(OCC=CCl)OC(Br)(Br)C(C)(C)CBr. The molecule has 0 aromatic heterocycles. The molecule has 0 aromatic carbocycles. The van der Waals surface area contributed by atoms with Crippen molar-refractivity contribution in [3.63, 3.8) is 0 Å². The molecule has 0 fully saturated rings. The van der Waals surface area contributed by atoms with E-state index in [1.165, 1.54) is 11.6 Å². The van der Waals surface area contributed by atoms with Crippen LogP contribution in [0, 0.1) is 10.8 Å². The van der Waals surface area contributed by atoms with Gasteiger partial charge in [0.25, 0.3) is 0 Å². The molecular formula is C13H20Br6ClO4P. The molecule has 0 aromatic rings. The Morgan fingerprint density at radius 1 is 0.920 bits per heavy atom. The van der Waals surface area contributed by atoms with Gasteiger partial charge in [-0.25, -0.2) is 4.57 Å². The molecule has 0 spiro atoms. The summed E-state index contributed by atoms with van der Waals surface area (Å²) in [7, 11) is -4.05. The lowest BCUT2D eigenvalue weighted by molar-refractivity contribution is 0.0365. The quantitative estimate of drug-likeness (QED) is 0.156. The van der Waals surface area contributed by atoms with E-state index in [9.17, 15) is 4.57 Å². The Morgan fingerprint density at radius 3 is 1.56 bits per heavy atom. The molecule has 0 aliphatic rings. The molecule has 0 aliphatic heterocycles. The van der Waals surface area contributed by atoms with Gasteiger partial charge in [0, 0.05) is 27.0 Å². The molecule has 0 bridgehead atoms. The van der Waals surface area contributed by atoms with Crippen LogP contribution in [0.3, 0.4) is 0 Å². The van der Waals surface area contributed by atoms with Crippen molar-refractivity contribution in [2.24, 2.45) is 10.8 Å². The number of hydrogen-bond donors (Lipinski definition) is 0. The number of phosphoric ester groups is 1. The van der Waals surface area contributed by atoms with Gasteiger partial charge in [-0.05, 0) is 69.8 Å². The summed E-state index contributed by atoms with van der Waals surface area (Å²) in [5.41, 5.74) is 0.272. The second-order valence-corrected chi connectivity index (χ2v) is 15.8. The minimum atomic E-state index is -4.05. The third-order valence-electron chi connectivity index (χ3n) is 3.11. The van der Waals surface area contributed by atoms with Crippen LogP contribution in [0.25, 0.3) is 0 Å². The van der Waals surface area contributed by atoms with Crippen molar-refractivity contribution in [2.45, 2.75) is 34.5 Å². The van der Waals surface area contributed by atoms with E-state index in [2.05, 4.69) is 95.6 Å². The van der Waals surface area contributed by atoms with Gasteiger partial charge in [0.05, 0.1) is 6.61 Å². The van der Waals surface area contributed by atoms with E-state index < -0.39 is 25.5 Å². The van der Waals surface area contributed by atoms with Gasteiger partial charge >= 0.3 is 7.82 Å². The van der Waals surface area contributed by atoms with Gasteiger partial charge in [-0.2, -0.15) is 0 Å². The molecule has 0 saturated carbocycles. The lowest BCUT2D eigenvalue weighted by atomic mass is 9.98. The standard InChI is InChI=1S/C13H20Br6ClO4P/c1-10(2,8-14)12(16,17)23-25(21,22-7-5-6-20)24-13(18,19)11(3,4)9-15/h5-6H,7-9H2,1-4H3. The summed E-state index contributed by atoms with van der Waals surface area (Å²) in [6, 6.07) is 0. The number of alkyl halides is 6. The van der Waals surface area contributed by atoms with Crippen molar-refractivity contribution < 1.29 is 18.1 Å². The van der Waals surface area contributed by atoms with Crippen LogP contribution in [-0.2, 0) is 18.1 Å². The predicted octanol–water partition coefficient (Wildman–Crippen LogP) is 8.63. The summed E-state index contributed by atoms with van der Waals surface area (Å²) < 4.78 is 27.9. The number of rotatable bonds is 11. The molecule has 0 unspecified atom stereocenters. The van der Waals surface area contributed by atoms with Crippen molar-refractivity contribution in [2.75, 3.05) is 17.3 Å². The molecule has 4 nitrogen and oxygen atoms in total. The fourth-order valence-corrected chi connectivity index (χ4v) is 7.45. The highest BCUT2D eigenvalue weighted by Gasteiger charge is 2.53. The summed E-state index contributed by atoms with van der Waals surface area (Å²) in [6.45, 7) is 7.59. The first-order valence-electron chi connectivity index (χ1n) is 6.88. The Kier molecular flexibility index (Phi) is 12.2. The van der Waals surface area contributed by atoms with Crippen molar-refractivity contribution in [3.05, 3.63) is 11.6 Å². The molecule has 0 aliphatic carbocycles. The van der Waals surface area contributed by atoms with E-state index in [0.717, 1.165) is 0 Å². The lowest BCUT2D eigenvalue weighted by Crippen LogP contribution is -2.40. The third kappa shape index (κ3) is 8.35. The predicted molar refractivity (Wildman–Crippen MR) is 127 cm³/mol. The van der Waals surface area contributed by atoms with Crippen LogP contribution in [0.5, 0.6) is 0 Å². The highest BCUT2D eigenvalue weighted by molar-refractivity contribution is 9.25. The van der Waals surface area contributed by atoms with Crippen LogP contribution in [0.1, 0.15) is 27.7 Å². The summed E-state index contributed by atoms with van der Waals surface area (Å²) in [6.07, 6.45) is 1.49. The first-order chi connectivity index (χ1) is 11.1. The van der Waals surface area contributed by atoms with E-state index in [4.69, 9.17) is 25.2 Å². The van der Waals surface area contributed by atoms with Gasteiger partial charge in [-0.3, -0.25) is 13.6 Å². The van der Waals surface area contributed by atoms with Crippen LogP contribution >= 0.6 is 115 Å². The average Bonchev–Trinajstić information content (AvgIpc) is 2.45. The topological polar surface area (TPSA) is 44.8 Å². The molecule has 150 valence electrons. The zero-order chi connectivity index (χ0) is 20.2. The van der Waals surface area contributed by atoms with E-state index in [0.29, 0.717) is 10.7 Å². The number of phosphoric acid groups is 1. The zero-order valence-corrected chi connectivity index (χ0v) is 25.2. The minimum absolute atomic E-state index is 0.0452. The highest BCUT2D eigenvalue weighted by atomic mass is 79.9. The fraction of sp³-hybridized carbons (Fsp3) is 0.846. The maximum atomic E-state index is 13.4. The van der Waals surface area contributed by atoms with E-state index >= 15 is 0 Å². The fourth-order valence-electron chi connectivity index (χ4n) is 0.926. The van der Waals surface area contributed by atoms with Crippen LogP contribution in [0.15, 0.2) is 11.6 Å². The van der Waals surface area contributed by atoms with Gasteiger partial charge < -0.3 is 0 Å². The van der Waals surface area contributed by atoms with Gasteiger partial charge in [0.15, 0.2) is 6.84 Å². The Bertz CT molecular complexity index is 479. The Balaban J connectivity index is 5.71. The first kappa shape index (κ1) is 28.0. The van der Waals surface area contributed by atoms with Crippen LogP contribution < -0.4 is 0 Å². The van der Waals surface area contributed by atoms with Crippen molar-refractivity contribution >= 4 is 115 Å². The second-order valence-electron chi connectivity index (χ2n) is 6.36. The van der Waals surface area contributed by atoms with Crippen LogP contribution in [-0.4, -0.2) is 24.1 Å². The molecule has 0 amide bonds. The Labute approximate surface area is 205 Å². The van der Waals surface area contributed by atoms with E-state index in [1.807, 2.05) is 27.7 Å². The molecular weight excluding hydrogens is 766 g/mol. The van der Waals surface area contributed by atoms with Gasteiger partial charge in [-0.1, -0.05) is 71.2 Å². The average molecular weight is 786 g/mol. The molecule has 0 radical (unpaired) electrons. The maximum absolute atomic E-state index is 13.4. The van der Waals surface area contributed by atoms with Gasteiger partial charge in [-0.15, -0.1) is 0 Å². The third-order valence-corrected chi connectivity index (χ3v) is 13.5. The smallest absolute Gasteiger partial charge is 0.283 e. The molecule has 0 N–H and O–H groups in total. The number of halogens is 7. The van der Waals surface area contributed by atoms with Gasteiger partial charge in [0.2, 0.25) is 0 Å². The zero-order valence-electron chi connectivity index (χ0n) is 14.0. The summed E-state index contributed by atoms with van der Waals surface area (Å²) in [5.74, 6) is 0. The highest BCUT2D eigenvalue weighted by Crippen LogP contribution is 2.65. The van der Waals surface area contributed by atoms with Crippen molar-refractivity contribution in [1.29, 1.82) is 0 Å². The summed E-state index contributed by atoms with van der Waals surface area (Å²) >= 11 is 26.1. The number of hydrogen-bond acceptors (Lipinski definition) is 4. The monoisotopic (exact) mass is 780 g/mol. The van der Waals surface area contributed by atoms with Crippen molar-refractivity contribution in [1.82, 2.24) is 0 Å². The lowest BCUT2D eigenvalue weighted by Gasteiger charge is -2.41. The Morgan fingerprint density at radius 2 is 1.28 bits per heavy atom. The second kappa shape index (κ2) is 10.9. The van der Waals surface area contributed by atoms with E-state index in [-0.39, 0.29) is 6.61 Å². The molecule has 0 rings (SSSR count). The largest absolute Gasteiger partial charge is 0.479 e.